The summed E-state index contributed by atoms with van der Waals surface area (Å²) in [7, 11) is 1.68. The fourth-order valence-corrected chi connectivity index (χ4v) is 0.657. The van der Waals surface area contributed by atoms with Crippen LogP contribution in [-0.2, 0) is 4.74 Å². The highest BCUT2D eigenvalue weighted by Gasteiger charge is 2.13. The Kier molecular flexibility index (Phi) is 4.84. The van der Waals surface area contributed by atoms with E-state index in [1.807, 2.05) is 13.8 Å². The van der Waals surface area contributed by atoms with Crippen molar-refractivity contribution in [3.8, 4) is 6.07 Å². The molecule has 1 N–H and O–H groups in total. The standard InChI is InChI=1S/C8H16N2O/c1-8(2,7-9)10-5-4-6-11-3/h10H,4-6H2,1-3H3. The molecule has 0 unspecified atom stereocenters. The molecular formula is C8H16N2O. The third-order valence-corrected chi connectivity index (χ3v) is 1.37. The zero-order chi connectivity index (χ0) is 8.74. The maximum Gasteiger partial charge on any atom is 0.101 e. The van der Waals surface area contributed by atoms with Gasteiger partial charge in [0.25, 0.3) is 0 Å². The van der Waals surface area contributed by atoms with Crippen molar-refractivity contribution in [2.24, 2.45) is 0 Å². The van der Waals surface area contributed by atoms with Crippen LogP contribution in [0.3, 0.4) is 0 Å². The van der Waals surface area contributed by atoms with Crippen LogP contribution >= 0.6 is 0 Å². The summed E-state index contributed by atoms with van der Waals surface area (Å²) in [5.41, 5.74) is -0.409. The summed E-state index contributed by atoms with van der Waals surface area (Å²) < 4.78 is 4.87. The lowest BCUT2D eigenvalue weighted by Gasteiger charge is -2.16. The summed E-state index contributed by atoms with van der Waals surface area (Å²) in [5, 5.41) is 11.7. The molecule has 0 bridgehead atoms. The molecule has 0 aliphatic rings. The summed E-state index contributed by atoms with van der Waals surface area (Å²) in [4.78, 5) is 0. The molecular weight excluding hydrogens is 140 g/mol. The Balaban J connectivity index is 3.32. The van der Waals surface area contributed by atoms with Gasteiger partial charge < -0.3 is 4.74 Å². The van der Waals surface area contributed by atoms with Crippen LogP contribution in [0.1, 0.15) is 20.3 Å². The molecule has 0 fully saturated rings. The zero-order valence-corrected chi connectivity index (χ0v) is 7.48. The van der Waals surface area contributed by atoms with Crippen molar-refractivity contribution < 1.29 is 4.74 Å². The van der Waals surface area contributed by atoms with Crippen molar-refractivity contribution in [2.45, 2.75) is 25.8 Å². The molecule has 0 spiro atoms. The number of nitrogens with one attached hydrogen (secondary N) is 1. The molecule has 0 rings (SSSR count). The lowest BCUT2D eigenvalue weighted by molar-refractivity contribution is 0.192. The summed E-state index contributed by atoms with van der Waals surface area (Å²) >= 11 is 0. The Labute approximate surface area is 68.3 Å². The predicted octanol–water partition coefficient (Wildman–Crippen LogP) is 0.915. The van der Waals surface area contributed by atoms with Gasteiger partial charge in [-0.05, 0) is 26.8 Å². The molecule has 3 nitrogen and oxygen atoms in total. The molecule has 0 atom stereocenters. The number of methoxy groups -OCH3 is 1. The number of ether oxygens (including phenoxy) is 1. The van der Waals surface area contributed by atoms with Gasteiger partial charge in [-0.1, -0.05) is 0 Å². The monoisotopic (exact) mass is 156 g/mol. The van der Waals surface area contributed by atoms with E-state index in [1.54, 1.807) is 7.11 Å². The first-order chi connectivity index (χ1) is 5.12. The van der Waals surface area contributed by atoms with E-state index in [9.17, 15) is 0 Å². The first kappa shape index (κ1) is 10.4. The van der Waals surface area contributed by atoms with Crippen molar-refractivity contribution in [3.05, 3.63) is 0 Å². The number of rotatable bonds is 5. The number of hydrogen-bond acceptors (Lipinski definition) is 3. The van der Waals surface area contributed by atoms with Crippen LogP contribution in [0.2, 0.25) is 0 Å². The molecule has 0 aliphatic heterocycles. The Morgan fingerprint density at radius 3 is 2.64 bits per heavy atom. The summed E-state index contributed by atoms with van der Waals surface area (Å²) in [5.74, 6) is 0. The second-order valence-corrected chi connectivity index (χ2v) is 3.01. The van der Waals surface area contributed by atoms with Gasteiger partial charge >= 0.3 is 0 Å². The van der Waals surface area contributed by atoms with Crippen molar-refractivity contribution in [1.29, 1.82) is 5.26 Å². The topological polar surface area (TPSA) is 45.0 Å². The highest BCUT2D eigenvalue weighted by Crippen LogP contribution is 1.97. The summed E-state index contributed by atoms with van der Waals surface area (Å²) in [6.45, 7) is 5.29. The molecule has 0 amide bonds. The number of nitriles is 1. The fraction of sp³-hybridized carbons (Fsp3) is 0.875. The van der Waals surface area contributed by atoms with Gasteiger partial charge in [0.1, 0.15) is 5.54 Å². The highest BCUT2D eigenvalue weighted by atomic mass is 16.5. The van der Waals surface area contributed by atoms with E-state index in [0.717, 1.165) is 19.6 Å². The first-order valence-corrected chi connectivity index (χ1v) is 3.77. The van der Waals surface area contributed by atoms with Gasteiger partial charge in [0.2, 0.25) is 0 Å². The number of nitrogens with zero attached hydrogens (tertiary/aromatic N) is 1. The van der Waals surface area contributed by atoms with Gasteiger partial charge in [0, 0.05) is 13.7 Å². The van der Waals surface area contributed by atoms with Crippen molar-refractivity contribution in [2.75, 3.05) is 20.3 Å². The van der Waals surface area contributed by atoms with Gasteiger partial charge in [-0.15, -0.1) is 0 Å². The minimum absolute atomic E-state index is 0.409. The Morgan fingerprint density at radius 2 is 2.18 bits per heavy atom. The minimum Gasteiger partial charge on any atom is -0.385 e. The van der Waals surface area contributed by atoms with E-state index in [1.165, 1.54) is 0 Å². The van der Waals surface area contributed by atoms with Crippen LogP contribution in [0.25, 0.3) is 0 Å². The molecule has 64 valence electrons. The molecule has 0 radical (unpaired) electrons. The molecule has 0 aromatic rings. The van der Waals surface area contributed by atoms with Crippen LogP contribution in [0.15, 0.2) is 0 Å². The van der Waals surface area contributed by atoms with Crippen LogP contribution in [0.5, 0.6) is 0 Å². The summed E-state index contributed by atoms with van der Waals surface area (Å²) in [6.07, 6.45) is 0.946. The second kappa shape index (κ2) is 5.11. The molecule has 0 saturated heterocycles. The average molecular weight is 156 g/mol. The quantitative estimate of drug-likeness (QED) is 0.602. The van der Waals surface area contributed by atoms with E-state index < -0.39 is 5.54 Å². The molecule has 0 aromatic carbocycles. The van der Waals surface area contributed by atoms with Crippen LogP contribution < -0.4 is 5.32 Å². The molecule has 0 saturated carbocycles. The van der Waals surface area contributed by atoms with Crippen molar-refractivity contribution in [3.63, 3.8) is 0 Å². The highest BCUT2D eigenvalue weighted by molar-refractivity contribution is 4.99. The van der Waals surface area contributed by atoms with Crippen LogP contribution in [0, 0.1) is 11.3 Å². The molecule has 0 aliphatic carbocycles. The minimum atomic E-state index is -0.409. The SMILES string of the molecule is COCCCNC(C)(C)C#N. The van der Waals surface area contributed by atoms with Crippen LogP contribution in [-0.4, -0.2) is 25.8 Å². The number of hydrogen-bond donors (Lipinski definition) is 1. The normalized spacial score (nSPS) is 11.1. The van der Waals surface area contributed by atoms with E-state index in [4.69, 9.17) is 10.00 Å². The van der Waals surface area contributed by atoms with Gasteiger partial charge in [0.15, 0.2) is 0 Å². The zero-order valence-electron chi connectivity index (χ0n) is 7.48. The Hall–Kier alpha value is -0.590. The largest absolute Gasteiger partial charge is 0.385 e. The maximum absolute atomic E-state index is 8.61. The third-order valence-electron chi connectivity index (χ3n) is 1.37. The van der Waals surface area contributed by atoms with E-state index >= 15 is 0 Å². The van der Waals surface area contributed by atoms with Gasteiger partial charge in [0.05, 0.1) is 6.07 Å². The Bertz CT molecular complexity index is 138. The van der Waals surface area contributed by atoms with Gasteiger partial charge in [-0.25, -0.2) is 0 Å². The van der Waals surface area contributed by atoms with E-state index in [-0.39, 0.29) is 0 Å². The predicted molar refractivity (Wildman–Crippen MR) is 44.2 cm³/mol. The summed E-state index contributed by atoms with van der Waals surface area (Å²) in [6, 6.07) is 2.17. The molecule has 11 heavy (non-hydrogen) atoms. The second-order valence-electron chi connectivity index (χ2n) is 3.01. The van der Waals surface area contributed by atoms with Crippen LogP contribution in [0.4, 0.5) is 0 Å². The van der Waals surface area contributed by atoms with Crippen molar-refractivity contribution >= 4 is 0 Å². The lowest BCUT2D eigenvalue weighted by Crippen LogP contribution is -2.38. The van der Waals surface area contributed by atoms with E-state index in [2.05, 4.69) is 11.4 Å². The molecule has 0 aromatic heterocycles. The maximum atomic E-state index is 8.61. The van der Waals surface area contributed by atoms with Gasteiger partial charge in [-0.3, -0.25) is 5.32 Å². The molecule has 3 heteroatoms. The first-order valence-electron chi connectivity index (χ1n) is 3.77. The van der Waals surface area contributed by atoms with E-state index in [0.29, 0.717) is 0 Å². The third kappa shape index (κ3) is 5.84. The fourth-order valence-electron chi connectivity index (χ4n) is 0.657. The molecule has 0 heterocycles. The lowest BCUT2D eigenvalue weighted by atomic mass is 10.1. The van der Waals surface area contributed by atoms with Crippen molar-refractivity contribution in [1.82, 2.24) is 5.32 Å². The smallest absolute Gasteiger partial charge is 0.101 e. The van der Waals surface area contributed by atoms with Gasteiger partial charge in [-0.2, -0.15) is 5.26 Å². The Morgan fingerprint density at radius 1 is 1.55 bits per heavy atom. The average Bonchev–Trinajstić information content (AvgIpc) is 1.99.